The SMILES string of the molecule is CCC(CO)Nc1ncnc2cc(Cl)ccc12. The van der Waals surface area contributed by atoms with Crippen molar-refractivity contribution in [1.82, 2.24) is 9.97 Å². The second-order valence-electron chi connectivity index (χ2n) is 3.82. The van der Waals surface area contributed by atoms with Gasteiger partial charge in [0.25, 0.3) is 0 Å². The highest BCUT2D eigenvalue weighted by Crippen LogP contribution is 2.23. The van der Waals surface area contributed by atoms with Crippen LogP contribution in [0.4, 0.5) is 5.82 Å². The van der Waals surface area contributed by atoms with Crippen LogP contribution in [0.3, 0.4) is 0 Å². The number of benzene rings is 1. The van der Waals surface area contributed by atoms with E-state index in [2.05, 4.69) is 15.3 Å². The normalized spacial score (nSPS) is 12.6. The fourth-order valence-electron chi connectivity index (χ4n) is 1.62. The Morgan fingerprint density at radius 2 is 2.24 bits per heavy atom. The zero-order valence-electron chi connectivity index (χ0n) is 9.52. The summed E-state index contributed by atoms with van der Waals surface area (Å²) >= 11 is 5.91. The van der Waals surface area contributed by atoms with Crippen molar-refractivity contribution in [2.24, 2.45) is 0 Å². The van der Waals surface area contributed by atoms with Gasteiger partial charge in [-0.05, 0) is 24.6 Å². The molecule has 0 spiro atoms. The number of halogens is 1. The van der Waals surface area contributed by atoms with E-state index in [1.807, 2.05) is 13.0 Å². The first-order valence-electron chi connectivity index (χ1n) is 5.52. The number of rotatable bonds is 4. The summed E-state index contributed by atoms with van der Waals surface area (Å²) in [5.74, 6) is 0.729. The van der Waals surface area contributed by atoms with Gasteiger partial charge >= 0.3 is 0 Å². The minimum Gasteiger partial charge on any atom is -0.394 e. The molecule has 5 heteroatoms. The van der Waals surface area contributed by atoms with Gasteiger partial charge in [-0.1, -0.05) is 18.5 Å². The number of anilines is 1. The molecule has 0 fully saturated rings. The highest BCUT2D eigenvalue weighted by molar-refractivity contribution is 6.31. The lowest BCUT2D eigenvalue weighted by Gasteiger charge is -2.15. The third-order valence-electron chi connectivity index (χ3n) is 2.65. The Bertz CT molecular complexity index is 514. The molecule has 0 radical (unpaired) electrons. The first-order chi connectivity index (χ1) is 8.24. The van der Waals surface area contributed by atoms with Crippen LogP contribution in [-0.2, 0) is 0 Å². The maximum absolute atomic E-state index is 9.18. The predicted octanol–water partition coefficient (Wildman–Crippen LogP) is 2.47. The lowest BCUT2D eigenvalue weighted by Crippen LogP contribution is -2.23. The first-order valence-corrected chi connectivity index (χ1v) is 5.90. The molecule has 0 aliphatic carbocycles. The molecule has 2 N–H and O–H groups in total. The van der Waals surface area contributed by atoms with E-state index in [4.69, 9.17) is 11.6 Å². The van der Waals surface area contributed by atoms with Crippen molar-refractivity contribution in [2.75, 3.05) is 11.9 Å². The predicted molar refractivity (Wildman–Crippen MR) is 69.3 cm³/mol. The summed E-state index contributed by atoms with van der Waals surface area (Å²) in [4.78, 5) is 8.36. The number of nitrogens with zero attached hydrogens (tertiary/aromatic N) is 2. The van der Waals surface area contributed by atoms with E-state index < -0.39 is 0 Å². The van der Waals surface area contributed by atoms with Gasteiger partial charge in [0.15, 0.2) is 0 Å². The number of aromatic nitrogens is 2. The Kier molecular flexibility index (Phi) is 3.76. The Morgan fingerprint density at radius 1 is 1.41 bits per heavy atom. The number of aliphatic hydroxyl groups is 1. The summed E-state index contributed by atoms with van der Waals surface area (Å²) in [5.41, 5.74) is 0.794. The monoisotopic (exact) mass is 251 g/mol. The Balaban J connectivity index is 2.40. The third-order valence-corrected chi connectivity index (χ3v) is 2.89. The van der Waals surface area contributed by atoms with Crippen molar-refractivity contribution >= 4 is 28.3 Å². The number of hydrogen-bond acceptors (Lipinski definition) is 4. The average molecular weight is 252 g/mol. The molecule has 0 bridgehead atoms. The Labute approximate surface area is 105 Å². The zero-order chi connectivity index (χ0) is 12.3. The van der Waals surface area contributed by atoms with E-state index >= 15 is 0 Å². The number of nitrogens with one attached hydrogen (secondary N) is 1. The van der Waals surface area contributed by atoms with Crippen molar-refractivity contribution in [1.29, 1.82) is 0 Å². The van der Waals surface area contributed by atoms with Crippen molar-refractivity contribution in [2.45, 2.75) is 19.4 Å². The van der Waals surface area contributed by atoms with Gasteiger partial charge < -0.3 is 10.4 Å². The molecule has 4 nitrogen and oxygen atoms in total. The molecular weight excluding hydrogens is 238 g/mol. The molecule has 1 aromatic heterocycles. The summed E-state index contributed by atoms with van der Waals surface area (Å²) in [7, 11) is 0. The van der Waals surface area contributed by atoms with Crippen LogP contribution in [0.25, 0.3) is 10.9 Å². The van der Waals surface area contributed by atoms with Gasteiger partial charge in [0.2, 0.25) is 0 Å². The molecular formula is C12H14ClN3O. The number of hydrogen-bond donors (Lipinski definition) is 2. The van der Waals surface area contributed by atoms with Crippen LogP contribution < -0.4 is 5.32 Å². The smallest absolute Gasteiger partial charge is 0.137 e. The molecule has 0 saturated heterocycles. The summed E-state index contributed by atoms with van der Waals surface area (Å²) in [6.07, 6.45) is 2.32. The van der Waals surface area contributed by atoms with Gasteiger partial charge in [0.05, 0.1) is 18.2 Å². The summed E-state index contributed by atoms with van der Waals surface area (Å²) in [5, 5.41) is 13.9. The first kappa shape index (κ1) is 12.1. The van der Waals surface area contributed by atoms with Gasteiger partial charge in [-0.15, -0.1) is 0 Å². The van der Waals surface area contributed by atoms with E-state index in [0.29, 0.717) is 5.02 Å². The summed E-state index contributed by atoms with van der Waals surface area (Å²) in [6.45, 7) is 2.09. The second kappa shape index (κ2) is 5.29. The van der Waals surface area contributed by atoms with Crippen LogP contribution >= 0.6 is 11.6 Å². The van der Waals surface area contributed by atoms with Crippen LogP contribution in [0, 0.1) is 0 Å². The highest BCUT2D eigenvalue weighted by atomic mass is 35.5. The van der Waals surface area contributed by atoms with Gasteiger partial charge in [-0.2, -0.15) is 0 Å². The lowest BCUT2D eigenvalue weighted by atomic mass is 10.2. The van der Waals surface area contributed by atoms with Gasteiger partial charge in [-0.3, -0.25) is 0 Å². The minimum atomic E-state index is 0.00350. The van der Waals surface area contributed by atoms with E-state index in [-0.39, 0.29) is 12.6 Å². The van der Waals surface area contributed by atoms with Gasteiger partial charge in [0.1, 0.15) is 12.1 Å². The molecule has 0 amide bonds. The molecule has 0 aliphatic heterocycles. The van der Waals surface area contributed by atoms with Crippen molar-refractivity contribution in [3.8, 4) is 0 Å². The molecule has 17 heavy (non-hydrogen) atoms. The molecule has 1 heterocycles. The zero-order valence-corrected chi connectivity index (χ0v) is 10.3. The van der Waals surface area contributed by atoms with Crippen LogP contribution in [0.5, 0.6) is 0 Å². The van der Waals surface area contributed by atoms with Crippen molar-refractivity contribution < 1.29 is 5.11 Å². The van der Waals surface area contributed by atoms with E-state index in [0.717, 1.165) is 23.1 Å². The van der Waals surface area contributed by atoms with Crippen molar-refractivity contribution in [3.63, 3.8) is 0 Å². The van der Waals surface area contributed by atoms with Crippen LogP contribution in [0.15, 0.2) is 24.5 Å². The standard InChI is InChI=1S/C12H14ClN3O/c1-2-9(6-17)16-12-10-4-3-8(13)5-11(10)14-7-15-12/h3-5,7,9,17H,2,6H2,1H3,(H,14,15,16). The fraction of sp³-hybridized carbons (Fsp3) is 0.333. The molecule has 1 unspecified atom stereocenters. The van der Waals surface area contributed by atoms with Crippen LogP contribution in [0.1, 0.15) is 13.3 Å². The minimum absolute atomic E-state index is 0.00350. The largest absolute Gasteiger partial charge is 0.394 e. The Morgan fingerprint density at radius 3 is 2.94 bits per heavy atom. The highest BCUT2D eigenvalue weighted by Gasteiger charge is 2.08. The average Bonchev–Trinajstić information content (AvgIpc) is 2.35. The Hall–Kier alpha value is -1.39. The molecule has 90 valence electrons. The molecule has 0 aliphatic rings. The summed E-state index contributed by atoms with van der Waals surface area (Å²) in [6, 6.07) is 5.48. The summed E-state index contributed by atoms with van der Waals surface area (Å²) < 4.78 is 0. The van der Waals surface area contributed by atoms with Crippen LogP contribution in [-0.4, -0.2) is 27.7 Å². The van der Waals surface area contributed by atoms with E-state index in [9.17, 15) is 5.11 Å². The van der Waals surface area contributed by atoms with Crippen LogP contribution in [0.2, 0.25) is 5.02 Å². The fourth-order valence-corrected chi connectivity index (χ4v) is 1.78. The van der Waals surface area contributed by atoms with Crippen molar-refractivity contribution in [3.05, 3.63) is 29.5 Å². The number of aliphatic hydroxyl groups excluding tert-OH is 1. The second-order valence-corrected chi connectivity index (χ2v) is 4.25. The van der Waals surface area contributed by atoms with E-state index in [1.165, 1.54) is 6.33 Å². The third kappa shape index (κ3) is 2.65. The molecule has 1 atom stereocenters. The topological polar surface area (TPSA) is 58.0 Å². The quantitative estimate of drug-likeness (QED) is 0.877. The lowest BCUT2D eigenvalue weighted by molar-refractivity contribution is 0.271. The molecule has 2 aromatic rings. The van der Waals surface area contributed by atoms with Gasteiger partial charge in [0, 0.05) is 10.4 Å². The number of fused-ring (bicyclic) bond motifs is 1. The molecule has 0 saturated carbocycles. The maximum atomic E-state index is 9.18. The molecule has 1 aromatic carbocycles. The maximum Gasteiger partial charge on any atom is 0.137 e. The van der Waals surface area contributed by atoms with Gasteiger partial charge in [-0.25, -0.2) is 9.97 Å². The van der Waals surface area contributed by atoms with E-state index in [1.54, 1.807) is 12.1 Å². The molecule has 2 rings (SSSR count).